The summed E-state index contributed by atoms with van der Waals surface area (Å²) in [6.07, 6.45) is 8.52. The quantitative estimate of drug-likeness (QED) is 0.818. The zero-order valence-electron chi connectivity index (χ0n) is 11.7. The van der Waals surface area contributed by atoms with Crippen LogP contribution in [0, 0.1) is 5.92 Å². The van der Waals surface area contributed by atoms with Crippen molar-refractivity contribution in [2.24, 2.45) is 5.92 Å². The maximum absolute atomic E-state index is 3.62. The highest BCUT2D eigenvalue weighted by atomic mass is 15.2. The van der Waals surface area contributed by atoms with Crippen LogP contribution in [0.2, 0.25) is 0 Å². The van der Waals surface area contributed by atoms with Gasteiger partial charge < -0.3 is 15.1 Å². The number of likely N-dealkylation sites (tertiary alicyclic amines) is 2. The van der Waals surface area contributed by atoms with Crippen LogP contribution in [0.4, 0.5) is 0 Å². The number of nitrogens with zero attached hydrogens (tertiary/aromatic N) is 2. The fraction of sp³-hybridized carbons (Fsp3) is 1.00. The average Bonchev–Trinajstić information content (AvgIpc) is 3.05. The van der Waals surface area contributed by atoms with E-state index in [-0.39, 0.29) is 0 Å². The van der Waals surface area contributed by atoms with Crippen molar-refractivity contribution in [2.75, 3.05) is 45.8 Å². The third-order valence-corrected chi connectivity index (χ3v) is 5.06. The van der Waals surface area contributed by atoms with E-state index >= 15 is 0 Å². The van der Waals surface area contributed by atoms with Gasteiger partial charge in [0, 0.05) is 19.1 Å². The second-order valence-corrected chi connectivity index (χ2v) is 6.54. The molecule has 3 nitrogen and oxygen atoms in total. The summed E-state index contributed by atoms with van der Waals surface area (Å²) in [7, 11) is 0. The van der Waals surface area contributed by atoms with Gasteiger partial charge in [-0.3, -0.25) is 0 Å². The predicted molar refractivity (Wildman–Crippen MR) is 75.9 cm³/mol. The van der Waals surface area contributed by atoms with Crippen molar-refractivity contribution in [1.82, 2.24) is 15.1 Å². The lowest BCUT2D eigenvalue weighted by molar-refractivity contribution is 0.146. The monoisotopic (exact) mass is 251 g/mol. The molecule has 0 saturated carbocycles. The lowest BCUT2D eigenvalue weighted by Gasteiger charge is -2.35. The molecule has 0 radical (unpaired) electrons. The Labute approximate surface area is 112 Å². The molecule has 0 bridgehead atoms. The van der Waals surface area contributed by atoms with Gasteiger partial charge >= 0.3 is 0 Å². The van der Waals surface area contributed by atoms with Gasteiger partial charge in [0.25, 0.3) is 0 Å². The highest BCUT2D eigenvalue weighted by Gasteiger charge is 2.24. The number of piperidine rings is 1. The summed E-state index contributed by atoms with van der Waals surface area (Å²) in [5.74, 6) is 0.982. The Bertz CT molecular complexity index is 210. The molecule has 3 aliphatic rings. The van der Waals surface area contributed by atoms with Crippen molar-refractivity contribution >= 4 is 0 Å². The summed E-state index contributed by atoms with van der Waals surface area (Å²) < 4.78 is 0. The summed E-state index contributed by atoms with van der Waals surface area (Å²) in [6.45, 7) is 9.35. The third-order valence-electron chi connectivity index (χ3n) is 5.06. The summed E-state index contributed by atoms with van der Waals surface area (Å²) in [5.41, 5.74) is 0. The molecule has 3 rings (SSSR count). The smallest absolute Gasteiger partial charge is 0.0195 e. The van der Waals surface area contributed by atoms with Gasteiger partial charge in [0.05, 0.1) is 0 Å². The van der Waals surface area contributed by atoms with Gasteiger partial charge in [0.15, 0.2) is 0 Å². The molecule has 3 fully saturated rings. The molecule has 3 heteroatoms. The highest BCUT2D eigenvalue weighted by molar-refractivity contribution is 4.82. The van der Waals surface area contributed by atoms with Crippen molar-refractivity contribution in [3.8, 4) is 0 Å². The first-order valence-corrected chi connectivity index (χ1v) is 8.08. The topological polar surface area (TPSA) is 18.5 Å². The van der Waals surface area contributed by atoms with E-state index < -0.39 is 0 Å². The zero-order valence-corrected chi connectivity index (χ0v) is 11.7. The molecule has 1 N–H and O–H groups in total. The standard InChI is InChI=1S/C15H29N3/c1-2-9-17(8-1)12-14-5-10-18(11-6-14)13-15-4-3-7-16-15/h14-16H,1-13H2/t15-/m1/s1. The largest absolute Gasteiger partial charge is 0.313 e. The van der Waals surface area contributed by atoms with Crippen LogP contribution in [0.3, 0.4) is 0 Å². The molecule has 3 aliphatic heterocycles. The fourth-order valence-corrected chi connectivity index (χ4v) is 3.91. The van der Waals surface area contributed by atoms with Crippen LogP contribution in [-0.2, 0) is 0 Å². The van der Waals surface area contributed by atoms with E-state index in [2.05, 4.69) is 15.1 Å². The predicted octanol–water partition coefficient (Wildman–Crippen LogP) is 1.55. The second kappa shape index (κ2) is 6.36. The summed E-state index contributed by atoms with van der Waals surface area (Å²) in [5, 5.41) is 3.62. The first-order valence-electron chi connectivity index (χ1n) is 8.08. The SMILES string of the molecule is C1CN[C@@H](CN2CCC(CN3CCCC3)CC2)C1. The van der Waals surface area contributed by atoms with E-state index in [1.807, 2.05) is 0 Å². The first kappa shape index (κ1) is 12.9. The number of hydrogen-bond acceptors (Lipinski definition) is 3. The van der Waals surface area contributed by atoms with Crippen LogP contribution in [0.5, 0.6) is 0 Å². The van der Waals surface area contributed by atoms with Gasteiger partial charge in [-0.05, 0) is 77.2 Å². The molecule has 0 aromatic heterocycles. The molecule has 0 unspecified atom stereocenters. The van der Waals surface area contributed by atoms with Crippen molar-refractivity contribution in [3.05, 3.63) is 0 Å². The minimum Gasteiger partial charge on any atom is -0.313 e. The molecule has 0 aromatic rings. The van der Waals surface area contributed by atoms with Crippen molar-refractivity contribution in [2.45, 2.75) is 44.6 Å². The van der Waals surface area contributed by atoms with Gasteiger partial charge in [-0.2, -0.15) is 0 Å². The third kappa shape index (κ3) is 3.46. The Balaban J connectivity index is 1.35. The molecule has 0 spiro atoms. The van der Waals surface area contributed by atoms with Crippen molar-refractivity contribution < 1.29 is 0 Å². The van der Waals surface area contributed by atoms with E-state index in [9.17, 15) is 0 Å². The van der Waals surface area contributed by atoms with Crippen LogP contribution in [-0.4, -0.2) is 61.7 Å². The minimum atomic E-state index is 0.792. The Morgan fingerprint density at radius 3 is 2.17 bits per heavy atom. The number of nitrogens with one attached hydrogen (secondary N) is 1. The van der Waals surface area contributed by atoms with Gasteiger partial charge in [0.1, 0.15) is 0 Å². The Hall–Kier alpha value is -0.120. The molecule has 104 valence electrons. The van der Waals surface area contributed by atoms with E-state index in [0.717, 1.165) is 12.0 Å². The van der Waals surface area contributed by atoms with Crippen LogP contribution < -0.4 is 5.32 Å². The maximum atomic E-state index is 3.62. The van der Waals surface area contributed by atoms with Crippen LogP contribution in [0.15, 0.2) is 0 Å². The molecule has 0 amide bonds. The van der Waals surface area contributed by atoms with Crippen molar-refractivity contribution in [1.29, 1.82) is 0 Å². The molecular formula is C15H29N3. The zero-order chi connectivity index (χ0) is 12.2. The maximum Gasteiger partial charge on any atom is 0.0195 e. The second-order valence-electron chi connectivity index (χ2n) is 6.54. The highest BCUT2D eigenvalue weighted by Crippen LogP contribution is 2.21. The summed E-state index contributed by atoms with van der Waals surface area (Å²) in [6, 6.07) is 0.792. The van der Waals surface area contributed by atoms with Crippen molar-refractivity contribution in [3.63, 3.8) is 0 Å². The van der Waals surface area contributed by atoms with Gasteiger partial charge in [-0.15, -0.1) is 0 Å². The Kier molecular flexibility index (Phi) is 4.55. The summed E-state index contributed by atoms with van der Waals surface area (Å²) in [4.78, 5) is 5.39. The lowest BCUT2D eigenvalue weighted by atomic mass is 9.96. The van der Waals surface area contributed by atoms with Gasteiger partial charge in [-0.1, -0.05) is 0 Å². The number of rotatable bonds is 4. The molecule has 3 heterocycles. The number of hydrogen-bond donors (Lipinski definition) is 1. The first-order chi connectivity index (χ1) is 8.90. The fourth-order valence-electron chi connectivity index (χ4n) is 3.91. The Morgan fingerprint density at radius 2 is 1.50 bits per heavy atom. The van der Waals surface area contributed by atoms with Gasteiger partial charge in [-0.25, -0.2) is 0 Å². The van der Waals surface area contributed by atoms with Gasteiger partial charge in [0.2, 0.25) is 0 Å². The average molecular weight is 251 g/mol. The van der Waals surface area contributed by atoms with Crippen LogP contribution in [0.25, 0.3) is 0 Å². The molecule has 1 atom stereocenters. The molecule has 18 heavy (non-hydrogen) atoms. The van der Waals surface area contributed by atoms with E-state index in [1.54, 1.807) is 0 Å². The van der Waals surface area contributed by atoms with E-state index in [4.69, 9.17) is 0 Å². The van der Waals surface area contributed by atoms with Crippen LogP contribution >= 0.6 is 0 Å². The molecule has 3 saturated heterocycles. The van der Waals surface area contributed by atoms with E-state index in [0.29, 0.717) is 0 Å². The normalized spacial score (nSPS) is 32.3. The lowest BCUT2D eigenvalue weighted by Crippen LogP contribution is -2.43. The van der Waals surface area contributed by atoms with Crippen LogP contribution in [0.1, 0.15) is 38.5 Å². The molecular weight excluding hydrogens is 222 g/mol. The molecule has 0 aromatic carbocycles. The Morgan fingerprint density at radius 1 is 0.778 bits per heavy atom. The minimum absolute atomic E-state index is 0.792. The summed E-state index contributed by atoms with van der Waals surface area (Å²) >= 11 is 0. The molecule has 0 aliphatic carbocycles. The van der Waals surface area contributed by atoms with E-state index in [1.165, 1.54) is 84.3 Å².